The fourth-order valence-corrected chi connectivity index (χ4v) is 5.51. The van der Waals surface area contributed by atoms with Crippen LogP contribution in [0.25, 0.3) is 10.2 Å². The van der Waals surface area contributed by atoms with Crippen LogP contribution in [0, 0.1) is 6.92 Å². The van der Waals surface area contributed by atoms with Gasteiger partial charge in [0.25, 0.3) is 11.5 Å². The third-order valence-electron chi connectivity index (χ3n) is 6.31. The maximum atomic E-state index is 13.1. The number of likely N-dealkylation sites (tertiary alicyclic amines) is 1. The normalized spacial score (nSPS) is 16.4. The summed E-state index contributed by atoms with van der Waals surface area (Å²) in [5, 5.41) is 5.59. The van der Waals surface area contributed by atoms with Crippen LogP contribution in [0.3, 0.4) is 0 Å². The number of rotatable bonds is 7. The molecule has 1 unspecified atom stereocenters. The van der Waals surface area contributed by atoms with Gasteiger partial charge in [0, 0.05) is 18.3 Å². The van der Waals surface area contributed by atoms with Gasteiger partial charge in [-0.05, 0) is 56.6 Å². The monoisotopic (exact) mass is 521 g/mol. The van der Waals surface area contributed by atoms with Gasteiger partial charge in [0.15, 0.2) is 0 Å². The average molecular weight is 522 g/mol. The van der Waals surface area contributed by atoms with E-state index < -0.39 is 29.8 Å². The first-order valence-corrected chi connectivity index (χ1v) is 12.4. The molecule has 1 aromatic carbocycles. The minimum atomic E-state index is -4.54. The van der Waals surface area contributed by atoms with Crippen molar-refractivity contribution in [3.8, 4) is 0 Å². The van der Waals surface area contributed by atoms with Crippen LogP contribution in [0.2, 0.25) is 0 Å². The molecular weight excluding hydrogens is 495 g/mol. The molecule has 3 aromatic rings. The molecule has 0 radical (unpaired) electrons. The molecule has 1 aliphatic rings. The molecule has 12 heteroatoms. The first-order valence-electron chi connectivity index (χ1n) is 11.6. The fourth-order valence-electron chi connectivity index (χ4n) is 4.45. The van der Waals surface area contributed by atoms with Crippen molar-refractivity contribution in [2.24, 2.45) is 0 Å². The van der Waals surface area contributed by atoms with E-state index >= 15 is 0 Å². The molecule has 1 aliphatic heterocycles. The van der Waals surface area contributed by atoms with Gasteiger partial charge >= 0.3 is 6.18 Å². The second kappa shape index (κ2) is 10.4. The van der Waals surface area contributed by atoms with Crippen molar-refractivity contribution in [2.45, 2.75) is 45.5 Å². The zero-order valence-corrected chi connectivity index (χ0v) is 20.6. The molecule has 2 aromatic heterocycles. The molecule has 2 amide bonds. The fraction of sp³-hybridized carbons (Fsp3) is 0.417. The number of likely N-dealkylation sites (N-methyl/N-ethyl adjacent to an activating group) is 1. The van der Waals surface area contributed by atoms with Gasteiger partial charge in [-0.3, -0.25) is 23.9 Å². The Balaban J connectivity index is 1.48. The van der Waals surface area contributed by atoms with E-state index in [1.54, 1.807) is 6.92 Å². The number of thiophene rings is 1. The summed E-state index contributed by atoms with van der Waals surface area (Å²) in [5.41, 5.74) is -0.946. The largest absolute Gasteiger partial charge is 0.416 e. The maximum Gasteiger partial charge on any atom is 0.416 e. The molecule has 0 aliphatic carbocycles. The number of hydrogen-bond donors (Lipinski definition) is 2. The predicted molar refractivity (Wildman–Crippen MR) is 131 cm³/mol. The van der Waals surface area contributed by atoms with E-state index in [1.165, 1.54) is 18.5 Å². The Morgan fingerprint density at radius 3 is 2.78 bits per heavy atom. The van der Waals surface area contributed by atoms with Crippen LogP contribution in [0.5, 0.6) is 0 Å². The third kappa shape index (κ3) is 5.44. The maximum absolute atomic E-state index is 13.1. The summed E-state index contributed by atoms with van der Waals surface area (Å²) >= 11 is 1.11. The molecule has 192 valence electrons. The standard InChI is InChI=1S/C24H26F3N5O3S/c1-3-31-9-5-8-17(31)11-28-21(34)20-14(2)19-22(36-20)29-13-32(23(19)35)12-18(33)30-16-7-4-6-15(10-16)24(25,26)27/h4,6-7,10,13,17H,3,5,8-9,11-12H2,1-2H3,(H,28,34)(H,30,33). The Morgan fingerprint density at radius 2 is 2.06 bits per heavy atom. The summed E-state index contributed by atoms with van der Waals surface area (Å²) in [7, 11) is 0. The summed E-state index contributed by atoms with van der Waals surface area (Å²) in [6, 6.07) is 4.53. The van der Waals surface area contributed by atoms with Gasteiger partial charge in [-0.1, -0.05) is 13.0 Å². The first-order chi connectivity index (χ1) is 17.1. The van der Waals surface area contributed by atoms with Gasteiger partial charge in [0.2, 0.25) is 5.91 Å². The summed E-state index contributed by atoms with van der Waals surface area (Å²) < 4.78 is 39.8. The molecule has 1 fully saturated rings. The Morgan fingerprint density at radius 1 is 1.28 bits per heavy atom. The molecule has 36 heavy (non-hydrogen) atoms. The molecule has 0 bridgehead atoms. The number of hydrogen-bond acceptors (Lipinski definition) is 6. The van der Waals surface area contributed by atoms with Crippen molar-refractivity contribution >= 4 is 39.1 Å². The molecule has 0 saturated carbocycles. The SMILES string of the molecule is CCN1CCCC1CNC(=O)c1sc2ncn(CC(=O)Nc3cccc(C(F)(F)F)c3)c(=O)c2c1C. The lowest BCUT2D eigenvalue weighted by Gasteiger charge is -2.22. The highest BCUT2D eigenvalue weighted by molar-refractivity contribution is 7.20. The lowest BCUT2D eigenvalue weighted by atomic mass is 10.2. The number of nitrogens with zero attached hydrogens (tertiary/aromatic N) is 3. The smallest absolute Gasteiger partial charge is 0.350 e. The van der Waals surface area contributed by atoms with E-state index in [0.29, 0.717) is 27.9 Å². The molecule has 3 heterocycles. The van der Waals surface area contributed by atoms with Crippen LogP contribution >= 0.6 is 11.3 Å². The van der Waals surface area contributed by atoms with Crippen LogP contribution in [0.1, 0.15) is 40.6 Å². The molecule has 1 saturated heterocycles. The Labute approximate surface area is 209 Å². The van der Waals surface area contributed by atoms with Crippen molar-refractivity contribution in [3.05, 3.63) is 57.0 Å². The minimum absolute atomic E-state index is 0.0357. The second-order valence-electron chi connectivity index (χ2n) is 8.68. The van der Waals surface area contributed by atoms with Crippen LogP contribution in [-0.4, -0.2) is 51.9 Å². The van der Waals surface area contributed by atoms with Crippen molar-refractivity contribution < 1.29 is 22.8 Å². The van der Waals surface area contributed by atoms with Crippen molar-refractivity contribution in [1.82, 2.24) is 19.8 Å². The second-order valence-corrected chi connectivity index (χ2v) is 9.67. The molecule has 4 rings (SSSR count). The number of alkyl halides is 3. The van der Waals surface area contributed by atoms with E-state index in [-0.39, 0.29) is 17.0 Å². The Kier molecular flexibility index (Phi) is 7.46. The van der Waals surface area contributed by atoms with Gasteiger partial charge in [-0.25, -0.2) is 4.98 Å². The van der Waals surface area contributed by atoms with E-state index in [4.69, 9.17) is 0 Å². The number of benzene rings is 1. The molecule has 1 atom stereocenters. The summed E-state index contributed by atoms with van der Waals surface area (Å²) in [4.78, 5) is 45.7. The minimum Gasteiger partial charge on any atom is -0.350 e. The zero-order valence-electron chi connectivity index (χ0n) is 19.8. The number of nitrogens with one attached hydrogen (secondary N) is 2. The van der Waals surface area contributed by atoms with E-state index in [9.17, 15) is 27.6 Å². The Hall–Kier alpha value is -3.25. The van der Waals surface area contributed by atoms with Gasteiger partial charge in [0.05, 0.1) is 22.2 Å². The van der Waals surface area contributed by atoms with E-state index in [1.807, 2.05) is 0 Å². The topological polar surface area (TPSA) is 96.3 Å². The summed E-state index contributed by atoms with van der Waals surface area (Å²) in [6.45, 7) is 5.78. The van der Waals surface area contributed by atoms with Crippen molar-refractivity contribution in [1.29, 1.82) is 0 Å². The zero-order chi connectivity index (χ0) is 26.0. The van der Waals surface area contributed by atoms with Gasteiger partial charge in [-0.15, -0.1) is 11.3 Å². The number of anilines is 1. The highest BCUT2D eigenvalue weighted by atomic mass is 32.1. The summed E-state index contributed by atoms with van der Waals surface area (Å²) in [5.74, 6) is -0.952. The Bertz CT molecular complexity index is 1350. The van der Waals surface area contributed by atoms with Crippen LogP contribution in [0.15, 0.2) is 35.4 Å². The number of aryl methyl sites for hydroxylation is 1. The quantitative estimate of drug-likeness (QED) is 0.495. The number of amides is 2. The van der Waals surface area contributed by atoms with Crippen molar-refractivity contribution in [2.75, 3.05) is 25.0 Å². The number of fused-ring (bicyclic) bond motifs is 1. The van der Waals surface area contributed by atoms with Gasteiger partial charge in [-0.2, -0.15) is 13.2 Å². The van der Waals surface area contributed by atoms with Crippen LogP contribution < -0.4 is 16.2 Å². The van der Waals surface area contributed by atoms with Crippen LogP contribution in [0.4, 0.5) is 18.9 Å². The average Bonchev–Trinajstić information content (AvgIpc) is 3.43. The number of halogens is 3. The number of carbonyl (C=O) groups excluding carboxylic acids is 2. The van der Waals surface area contributed by atoms with E-state index in [0.717, 1.165) is 54.0 Å². The number of aromatic nitrogens is 2. The highest BCUT2D eigenvalue weighted by Gasteiger charge is 2.30. The summed E-state index contributed by atoms with van der Waals surface area (Å²) in [6.07, 6.45) is -1.22. The lowest BCUT2D eigenvalue weighted by molar-refractivity contribution is -0.137. The predicted octanol–water partition coefficient (Wildman–Crippen LogP) is 3.64. The molecular formula is C24H26F3N5O3S. The van der Waals surface area contributed by atoms with Gasteiger partial charge in [0.1, 0.15) is 11.4 Å². The van der Waals surface area contributed by atoms with E-state index in [2.05, 4.69) is 27.4 Å². The number of carbonyl (C=O) groups is 2. The van der Waals surface area contributed by atoms with Crippen molar-refractivity contribution in [3.63, 3.8) is 0 Å². The molecule has 0 spiro atoms. The third-order valence-corrected chi connectivity index (χ3v) is 7.51. The van der Waals surface area contributed by atoms with Gasteiger partial charge < -0.3 is 10.6 Å². The lowest BCUT2D eigenvalue weighted by Crippen LogP contribution is -2.40. The van der Waals surface area contributed by atoms with Crippen LogP contribution in [-0.2, 0) is 17.5 Å². The molecule has 8 nitrogen and oxygen atoms in total. The first kappa shape index (κ1) is 25.8. The highest BCUT2D eigenvalue weighted by Crippen LogP contribution is 2.31. The molecule has 2 N–H and O–H groups in total.